The summed E-state index contributed by atoms with van der Waals surface area (Å²) in [5, 5.41) is 6.52. The van der Waals surface area contributed by atoms with E-state index in [1.165, 1.54) is 0 Å². The third kappa shape index (κ3) is 5.74. The number of aromatic nitrogens is 2. The van der Waals surface area contributed by atoms with E-state index in [1.54, 1.807) is 6.20 Å². The van der Waals surface area contributed by atoms with E-state index >= 15 is 0 Å². The zero-order valence-corrected chi connectivity index (χ0v) is 13.8. The normalized spacial score (nSPS) is 11.1. The van der Waals surface area contributed by atoms with Crippen molar-refractivity contribution >= 4 is 27.7 Å². The Morgan fingerprint density at radius 2 is 2.05 bits per heavy atom. The van der Waals surface area contributed by atoms with Gasteiger partial charge in [-0.1, -0.05) is 6.92 Å². The molecule has 6 heteroatoms. The lowest BCUT2D eigenvalue weighted by atomic mass is 10.3. The largest absolute Gasteiger partial charge is 0.368 e. The number of hydrogen-bond acceptors (Lipinski definition) is 5. The molecule has 0 bridgehead atoms. The molecule has 0 aliphatic carbocycles. The van der Waals surface area contributed by atoms with Crippen LogP contribution >= 0.6 is 15.9 Å². The zero-order chi connectivity index (χ0) is 14.3. The van der Waals surface area contributed by atoms with Crippen molar-refractivity contribution in [3.05, 3.63) is 10.7 Å². The Morgan fingerprint density at radius 1 is 1.32 bits per heavy atom. The number of hydrogen-bond donors (Lipinski definition) is 2. The average Bonchev–Trinajstić information content (AvgIpc) is 2.39. The van der Waals surface area contributed by atoms with Crippen molar-refractivity contribution in [3.8, 4) is 0 Å². The Morgan fingerprint density at radius 3 is 2.68 bits per heavy atom. The molecular weight excluding hydrogens is 306 g/mol. The van der Waals surface area contributed by atoms with Crippen molar-refractivity contribution in [2.75, 3.05) is 37.3 Å². The first kappa shape index (κ1) is 16.2. The number of rotatable bonds is 8. The molecule has 1 aromatic rings. The fourth-order valence-electron chi connectivity index (χ4n) is 1.42. The fourth-order valence-corrected chi connectivity index (χ4v) is 1.75. The summed E-state index contributed by atoms with van der Waals surface area (Å²) in [7, 11) is 2.12. The number of nitrogens with one attached hydrogen (secondary N) is 2. The maximum Gasteiger partial charge on any atom is 0.224 e. The number of halogens is 1. The van der Waals surface area contributed by atoms with E-state index in [-0.39, 0.29) is 0 Å². The first-order chi connectivity index (χ1) is 9.04. The molecule has 0 aliphatic rings. The van der Waals surface area contributed by atoms with E-state index in [2.05, 4.69) is 69.3 Å². The van der Waals surface area contributed by atoms with Crippen LogP contribution in [0, 0.1) is 0 Å². The van der Waals surface area contributed by atoms with Crippen LogP contribution in [0.5, 0.6) is 0 Å². The first-order valence-electron chi connectivity index (χ1n) is 6.75. The maximum atomic E-state index is 4.45. The van der Waals surface area contributed by atoms with Gasteiger partial charge in [-0.3, -0.25) is 0 Å². The van der Waals surface area contributed by atoms with Crippen LogP contribution in [0.1, 0.15) is 27.2 Å². The second-order valence-electron chi connectivity index (χ2n) is 4.82. The monoisotopic (exact) mass is 329 g/mol. The van der Waals surface area contributed by atoms with Crippen molar-refractivity contribution < 1.29 is 0 Å². The molecule has 108 valence electrons. The van der Waals surface area contributed by atoms with Gasteiger partial charge in [0.1, 0.15) is 5.82 Å². The van der Waals surface area contributed by atoms with Crippen LogP contribution in [-0.2, 0) is 0 Å². The summed E-state index contributed by atoms with van der Waals surface area (Å²) in [6.45, 7) is 9.22. The molecule has 19 heavy (non-hydrogen) atoms. The van der Waals surface area contributed by atoms with Gasteiger partial charge in [0.05, 0.1) is 4.47 Å². The van der Waals surface area contributed by atoms with Crippen LogP contribution in [0.3, 0.4) is 0 Å². The predicted octanol–water partition coefficient (Wildman–Crippen LogP) is 2.81. The minimum Gasteiger partial charge on any atom is -0.368 e. The van der Waals surface area contributed by atoms with Gasteiger partial charge in [0, 0.05) is 31.9 Å². The van der Waals surface area contributed by atoms with Crippen LogP contribution < -0.4 is 10.6 Å². The van der Waals surface area contributed by atoms with E-state index in [0.29, 0.717) is 12.0 Å². The molecule has 0 saturated heterocycles. The van der Waals surface area contributed by atoms with Gasteiger partial charge < -0.3 is 15.5 Å². The quantitative estimate of drug-likeness (QED) is 0.768. The van der Waals surface area contributed by atoms with Crippen molar-refractivity contribution in [1.29, 1.82) is 0 Å². The molecule has 0 radical (unpaired) electrons. The van der Waals surface area contributed by atoms with Crippen LogP contribution in [0.15, 0.2) is 10.7 Å². The Balaban J connectivity index is 2.52. The highest BCUT2D eigenvalue weighted by molar-refractivity contribution is 9.10. The summed E-state index contributed by atoms with van der Waals surface area (Å²) >= 11 is 3.47. The molecule has 1 rings (SSSR count). The van der Waals surface area contributed by atoms with E-state index in [9.17, 15) is 0 Å². The van der Waals surface area contributed by atoms with Gasteiger partial charge in [0.2, 0.25) is 5.95 Å². The van der Waals surface area contributed by atoms with Gasteiger partial charge in [0.25, 0.3) is 0 Å². The predicted molar refractivity (Wildman–Crippen MR) is 84.8 cm³/mol. The van der Waals surface area contributed by atoms with E-state index < -0.39 is 0 Å². The molecule has 5 nitrogen and oxygen atoms in total. The van der Waals surface area contributed by atoms with Crippen LogP contribution in [0.25, 0.3) is 0 Å². The van der Waals surface area contributed by atoms with Crippen LogP contribution in [0.4, 0.5) is 11.8 Å². The lowest BCUT2D eigenvalue weighted by molar-refractivity contribution is 0.284. The highest BCUT2D eigenvalue weighted by atomic mass is 79.9. The highest BCUT2D eigenvalue weighted by Crippen LogP contribution is 2.19. The van der Waals surface area contributed by atoms with Gasteiger partial charge in [-0.05, 0) is 43.2 Å². The molecule has 1 heterocycles. The lowest BCUT2D eigenvalue weighted by Gasteiger charge is -2.21. The fraction of sp³-hybridized carbons (Fsp3) is 0.692. The van der Waals surface area contributed by atoms with Gasteiger partial charge in [-0.15, -0.1) is 0 Å². The third-order valence-corrected chi connectivity index (χ3v) is 3.50. The minimum atomic E-state index is 0.553. The Labute approximate surface area is 124 Å². The Hall–Kier alpha value is -0.880. The molecule has 0 amide bonds. The van der Waals surface area contributed by atoms with Gasteiger partial charge in [0.15, 0.2) is 0 Å². The molecule has 0 fully saturated rings. The molecular formula is C13H24BrN5. The molecule has 0 aromatic carbocycles. The summed E-state index contributed by atoms with van der Waals surface area (Å²) in [6, 6.07) is 0.553. The molecule has 0 unspecified atom stereocenters. The van der Waals surface area contributed by atoms with Crippen molar-refractivity contribution in [2.45, 2.75) is 33.2 Å². The summed E-state index contributed by atoms with van der Waals surface area (Å²) < 4.78 is 0.891. The average molecular weight is 330 g/mol. The third-order valence-electron chi connectivity index (χ3n) is 2.92. The van der Waals surface area contributed by atoms with E-state index in [1.807, 2.05) is 0 Å². The van der Waals surface area contributed by atoms with Crippen LogP contribution in [0.2, 0.25) is 0 Å². The number of nitrogens with zero attached hydrogens (tertiary/aromatic N) is 3. The number of likely N-dealkylation sites (N-methyl/N-ethyl adjacent to an activating group) is 1. The smallest absolute Gasteiger partial charge is 0.224 e. The summed E-state index contributed by atoms with van der Waals surface area (Å²) in [4.78, 5) is 11.0. The minimum absolute atomic E-state index is 0.553. The van der Waals surface area contributed by atoms with Crippen LogP contribution in [-0.4, -0.2) is 47.6 Å². The topological polar surface area (TPSA) is 53.1 Å². The van der Waals surface area contributed by atoms with E-state index in [0.717, 1.165) is 36.3 Å². The Bertz CT molecular complexity index is 383. The zero-order valence-electron chi connectivity index (χ0n) is 12.2. The van der Waals surface area contributed by atoms with Crippen molar-refractivity contribution in [2.24, 2.45) is 0 Å². The van der Waals surface area contributed by atoms with Gasteiger partial charge in [-0.25, -0.2) is 4.98 Å². The van der Waals surface area contributed by atoms with E-state index in [4.69, 9.17) is 0 Å². The van der Waals surface area contributed by atoms with Gasteiger partial charge in [-0.2, -0.15) is 4.98 Å². The first-order valence-corrected chi connectivity index (χ1v) is 7.54. The standard InChI is InChI=1S/C13H24BrN5/c1-5-6-16-13-17-9-11(14)12(18-13)15-7-8-19(4)10(2)3/h9-10H,5-8H2,1-4H3,(H2,15,16,17,18). The summed E-state index contributed by atoms with van der Waals surface area (Å²) in [5.74, 6) is 1.51. The SMILES string of the molecule is CCCNc1ncc(Br)c(NCCN(C)C(C)C)n1. The lowest BCUT2D eigenvalue weighted by Crippen LogP contribution is -2.31. The molecule has 0 spiro atoms. The van der Waals surface area contributed by atoms with Gasteiger partial charge >= 0.3 is 0 Å². The highest BCUT2D eigenvalue weighted by Gasteiger charge is 2.06. The maximum absolute atomic E-state index is 4.45. The van der Waals surface area contributed by atoms with Crippen molar-refractivity contribution in [1.82, 2.24) is 14.9 Å². The molecule has 0 saturated carbocycles. The number of anilines is 2. The summed E-state index contributed by atoms with van der Waals surface area (Å²) in [6.07, 6.45) is 2.83. The second kappa shape index (κ2) is 8.32. The van der Waals surface area contributed by atoms with Crippen molar-refractivity contribution in [3.63, 3.8) is 0 Å². The molecule has 1 aromatic heterocycles. The Kier molecular flexibility index (Phi) is 7.09. The molecule has 0 aliphatic heterocycles. The summed E-state index contributed by atoms with van der Waals surface area (Å²) in [5.41, 5.74) is 0. The molecule has 2 N–H and O–H groups in total. The molecule has 0 atom stereocenters. The second-order valence-corrected chi connectivity index (χ2v) is 5.67.